The fourth-order valence-corrected chi connectivity index (χ4v) is 1.70. The molecule has 0 heterocycles. The number of benzene rings is 1. The Morgan fingerprint density at radius 3 is 1.74 bits per heavy atom. The van der Waals surface area contributed by atoms with E-state index in [9.17, 15) is 17.6 Å². The quantitative estimate of drug-likeness (QED) is 0.497. The van der Waals surface area contributed by atoms with E-state index in [1.54, 1.807) is 0 Å². The monoisotopic (exact) mass is 274 g/mol. The molecule has 0 saturated carbocycles. The molecule has 1 aromatic rings. The summed E-state index contributed by atoms with van der Waals surface area (Å²) in [6, 6.07) is 3.46. The number of allylic oxidation sites excluding steroid dienone is 1. The SMILES string of the molecule is C=C(C)CCc1cc(C(C)(F)F)cc(C(C)(F)F)c1. The summed E-state index contributed by atoms with van der Waals surface area (Å²) in [5.41, 5.74) is 0.628. The molecule has 0 nitrogen and oxygen atoms in total. The van der Waals surface area contributed by atoms with Crippen molar-refractivity contribution in [2.75, 3.05) is 0 Å². The zero-order chi connectivity index (χ0) is 14.8. The molecule has 0 radical (unpaired) electrons. The molecule has 1 aromatic carbocycles. The number of aryl methyl sites for hydroxylation is 1. The maximum atomic E-state index is 13.3. The molecule has 0 amide bonds. The third-order valence-electron chi connectivity index (χ3n) is 2.85. The van der Waals surface area contributed by atoms with Crippen LogP contribution in [-0.2, 0) is 18.3 Å². The van der Waals surface area contributed by atoms with Crippen molar-refractivity contribution in [3.63, 3.8) is 0 Å². The van der Waals surface area contributed by atoms with Gasteiger partial charge in [-0.05, 0) is 43.5 Å². The van der Waals surface area contributed by atoms with Crippen molar-refractivity contribution >= 4 is 0 Å². The number of hydrogen-bond acceptors (Lipinski definition) is 0. The van der Waals surface area contributed by atoms with Crippen LogP contribution in [0.1, 0.15) is 43.9 Å². The van der Waals surface area contributed by atoms with Crippen molar-refractivity contribution in [1.82, 2.24) is 0 Å². The fourth-order valence-electron chi connectivity index (χ4n) is 1.70. The summed E-state index contributed by atoms with van der Waals surface area (Å²) in [7, 11) is 0. The minimum atomic E-state index is -3.13. The van der Waals surface area contributed by atoms with Crippen LogP contribution in [0.25, 0.3) is 0 Å². The summed E-state index contributed by atoms with van der Waals surface area (Å²) in [4.78, 5) is 0. The number of rotatable bonds is 5. The third kappa shape index (κ3) is 4.69. The second-order valence-corrected chi connectivity index (χ2v) is 5.15. The number of alkyl halides is 4. The Labute approximate surface area is 111 Å². The Morgan fingerprint density at radius 1 is 1.00 bits per heavy atom. The molecule has 106 valence electrons. The van der Waals surface area contributed by atoms with Gasteiger partial charge in [0.25, 0.3) is 11.8 Å². The molecule has 0 aromatic heterocycles. The van der Waals surface area contributed by atoms with Crippen LogP contribution in [0.15, 0.2) is 30.4 Å². The Balaban J connectivity index is 3.21. The van der Waals surface area contributed by atoms with Gasteiger partial charge in [-0.25, -0.2) is 17.6 Å². The van der Waals surface area contributed by atoms with Crippen molar-refractivity contribution in [1.29, 1.82) is 0 Å². The van der Waals surface area contributed by atoms with Gasteiger partial charge >= 0.3 is 0 Å². The zero-order valence-electron chi connectivity index (χ0n) is 11.4. The van der Waals surface area contributed by atoms with E-state index in [1.807, 2.05) is 6.92 Å². The smallest absolute Gasteiger partial charge is 0.202 e. The van der Waals surface area contributed by atoms with Crippen molar-refractivity contribution in [3.05, 3.63) is 47.0 Å². The van der Waals surface area contributed by atoms with Crippen molar-refractivity contribution < 1.29 is 17.6 Å². The molecule has 0 N–H and O–H groups in total. The molecule has 0 saturated heterocycles. The van der Waals surface area contributed by atoms with Crippen LogP contribution < -0.4 is 0 Å². The summed E-state index contributed by atoms with van der Waals surface area (Å²) in [6.07, 6.45) is 1.02. The maximum absolute atomic E-state index is 13.3. The van der Waals surface area contributed by atoms with E-state index in [-0.39, 0.29) is 11.1 Å². The van der Waals surface area contributed by atoms with E-state index in [0.717, 1.165) is 11.6 Å². The average molecular weight is 274 g/mol. The van der Waals surface area contributed by atoms with Gasteiger partial charge in [-0.3, -0.25) is 0 Å². The molecule has 0 bridgehead atoms. The lowest BCUT2D eigenvalue weighted by atomic mass is 9.96. The second-order valence-electron chi connectivity index (χ2n) is 5.15. The fraction of sp³-hybridized carbons (Fsp3) is 0.467. The largest absolute Gasteiger partial charge is 0.270 e. The van der Waals surface area contributed by atoms with Crippen molar-refractivity contribution in [3.8, 4) is 0 Å². The van der Waals surface area contributed by atoms with E-state index in [1.165, 1.54) is 12.1 Å². The van der Waals surface area contributed by atoms with Crippen LogP contribution in [0.3, 0.4) is 0 Å². The Kier molecular flexibility index (Phi) is 4.43. The van der Waals surface area contributed by atoms with E-state index in [0.29, 0.717) is 32.3 Å². The minimum absolute atomic E-state index is 0.372. The van der Waals surface area contributed by atoms with Crippen LogP contribution in [0, 0.1) is 0 Å². The van der Waals surface area contributed by atoms with Crippen molar-refractivity contribution in [2.45, 2.75) is 45.5 Å². The summed E-state index contributed by atoms with van der Waals surface area (Å²) < 4.78 is 53.4. The maximum Gasteiger partial charge on any atom is 0.270 e. The van der Waals surface area contributed by atoms with E-state index in [2.05, 4.69) is 6.58 Å². The van der Waals surface area contributed by atoms with Gasteiger partial charge in [-0.15, -0.1) is 6.58 Å². The third-order valence-corrected chi connectivity index (χ3v) is 2.85. The molecule has 0 fully saturated rings. The lowest BCUT2D eigenvalue weighted by Gasteiger charge is -2.18. The zero-order valence-corrected chi connectivity index (χ0v) is 11.4. The van der Waals surface area contributed by atoms with Gasteiger partial charge in [0.15, 0.2) is 0 Å². The predicted molar refractivity (Wildman–Crippen MR) is 68.7 cm³/mol. The van der Waals surface area contributed by atoms with E-state index >= 15 is 0 Å². The van der Waals surface area contributed by atoms with Gasteiger partial charge in [0.2, 0.25) is 0 Å². The molecule has 0 unspecified atom stereocenters. The van der Waals surface area contributed by atoms with Gasteiger partial charge in [0.1, 0.15) is 0 Å². The molecule has 0 spiro atoms. The summed E-state index contributed by atoms with van der Waals surface area (Å²) >= 11 is 0. The van der Waals surface area contributed by atoms with Crippen LogP contribution in [0.4, 0.5) is 17.6 Å². The highest BCUT2D eigenvalue weighted by Gasteiger charge is 2.30. The highest BCUT2D eigenvalue weighted by Crippen LogP contribution is 2.34. The van der Waals surface area contributed by atoms with E-state index in [4.69, 9.17) is 0 Å². The highest BCUT2D eigenvalue weighted by atomic mass is 19.3. The van der Waals surface area contributed by atoms with Crippen LogP contribution in [0.5, 0.6) is 0 Å². The normalized spacial score (nSPS) is 12.6. The first-order valence-electron chi connectivity index (χ1n) is 6.05. The minimum Gasteiger partial charge on any atom is -0.202 e. The Hall–Kier alpha value is -1.32. The lowest BCUT2D eigenvalue weighted by Crippen LogP contribution is -2.13. The van der Waals surface area contributed by atoms with Gasteiger partial charge in [0.05, 0.1) is 0 Å². The molecule has 1 rings (SSSR count). The van der Waals surface area contributed by atoms with Gasteiger partial charge in [-0.1, -0.05) is 5.57 Å². The topological polar surface area (TPSA) is 0 Å². The molecule has 0 aliphatic rings. The van der Waals surface area contributed by atoms with Gasteiger partial charge in [-0.2, -0.15) is 0 Å². The molecule has 19 heavy (non-hydrogen) atoms. The summed E-state index contributed by atoms with van der Waals surface area (Å²) in [5, 5.41) is 0. The highest BCUT2D eigenvalue weighted by molar-refractivity contribution is 5.35. The van der Waals surface area contributed by atoms with Crippen LogP contribution in [-0.4, -0.2) is 0 Å². The summed E-state index contributed by atoms with van der Waals surface area (Å²) in [5.74, 6) is -6.25. The van der Waals surface area contributed by atoms with Crippen molar-refractivity contribution in [2.24, 2.45) is 0 Å². The number of halogens is 4. The van der Waals surface area contributed by atoms with Crippen LogP contribution in [0.2, 0.25) is 0 Å². The van der Waals surface area contributed by atoms with Gasteiger partial charge < -0.3 is 0 Å². The number of hydrogen-bond donors (Lipinski definition) is 0. The average Bonchev–Trinajstić information content (AvgIpc) is 2.23. The standard InChI is InChI=1S/C15H18F4/c1-10(2)5-6-11-7-12(14(3,16)17)9-13(8-11)15(4,18)19/h7-9H,1,5-6H2,2-4H3. The molecule has 0 aliphatic heterocycles. The molecule has 4 heteroatoms. The Morgan fingerprint density at radius 2 is 1.42 bits per heavy atom. The molecule has 0 atom stereocenters. The second kappa shape index (κ2) is 5.35. The first-order chi connectivity index (χ1) is 8.50. The lowest BCUT2D eigenvalue weighted by molar-refractivity contribution is 0.0104. The van der Waals surface area contributed by atoms with Crippen LogP contribution >= 0.6 is 0 Å². The molecular weight excluding hydrogens is 256 g/mol. The first kappa shape index (κ1) is 15.7. The molecule has 0 aliphatic carbocycles. The van der Waals surface area contributed by atoms with E-state index < -0.39 is 11.8 Å². The predicted octanol–water partition coefficient (Wildman–Crippen LogP) is 5.42. The first-order valence-corrected chi connectivity index (χ1v) is 6.05. The van der Waals surface area contributed by atoms with Gasteiger partial charge in [0, 0.05) is 25.0 Å². The Bertz CT molecular complexity index is 432. The molecular formula is C15H18F4. The summed E-state index contributed by atoms with van der Waals surface area (Å²) in [6.45, 7) is 6.95.